The summed E-state index contributed by atoms with van der Waals surface area (Å²) in [5.41, 5.74) is -1.29. The summed E-state index contributed by atoms with van der Waals surface area (Å²) in [6, 6.07) is 4.73. The van der Waals surface area contributed by atoms with Gasteiger partial charge in [-0.25, -0.2) is 0 Å². The van der Waals surface area contributed by atoms with Crippen molar-refractivity contribution in [2.45, 2.75) is 6.18 Å². The Balaban J connectivity index is 2.17. The van der Waals surface area contributed by atoms with Gasteiger partial charge in [0, 0.05) is 26.2 Å². The fraction of sp³-hybridized carbons (Fsp3) is 0.385. The first-order valence-corrected chi connectivity index (χ1v) is 6.65. The number of hydrogen-bond acceptors (Lipinski definition) is 2. The Labute approximate surface area is 124 Å². The van der Waals surface area contributed by atoms with Crippen LogP contribution in [0.3, 0.4) is 0 Å². The highest BCUT2D eigenvalue weighted by Gasteiger charge is 2.36. The second kappa shape index (κ2) is 5.88. The van der Waals surface area contributed by atoms with E-state index in [2.05, 4.69) is 12.2 Å². The van der Waals surface area contributed by atoms with Crippen LogP contribution in [-0.2, 0) is 6.18 Å². The van der Waals surface area contributed by atoms with Crippen LogP contribution in [0.5, 0.6) is 0 Å². The molecule has 1 aliphatic rings. The lowest BCUT2D eigenvalue weighted by atomic mass is 10.1. The van der Waals surface area contributed by atoms with Crippen molar-refractivity contribution in [2.24, 2.45) is 0 Å². The summed E-state index contributed by atoms with van der Waals surface area (Å²) in [6.45, 7) is 1.03. The van der Waals surface area contributed by atoms with Gasteiger partial charge in [-0.05, 0) is 24.4 Å². The molecule has 0 bridgehead atoms. The van der Waals surface area contributed by atoms with Crippen molar-refractivity contribution < 1.29 is 23.1 Å². The Bertz CT molecular complexity index is 555. The molecule has 4 nitrogen and oxygen atoms in total. The van der Waals surface area contributed by atoms with Crippen LogP contribution in [0.4, 0.5) is 13.2 Å². The van der Waals surface area contributed by atoms with E-state index < -0.39 is 17.6 Å². The maximum Gasteiger partial charge on any atom is 0.417 e. The first-order chi connectivity index (χ1) is 9.80. The van der Waals surface area contributed by atoms with Gasteiger partial charge in [0.25, 0.3) is 11.1 Å². The van der Waals surface area contributed by atoms with Gasteiger partial charge >= 0.3 is 6.18 Å². The lowest BCUT2D eigenvalue weighted by Gasteiger charge is -2.34. The van der Waals surface area contributed by atoms with Gasteiger partial charge in [-0.3, -0.25) is 4.79 Å². The molecule has 0 spiro atoms. The molecule has 2 rings (SSSR count). The van der Waals surface area contributed by atoms with E-state index in [4.69, 9.17) is 0 Å². The topological polar surface area (TPSA) is 43.8 Å². The van der Waals surface area contributed by atoms with Crippen LogP contribution in [-0.4, -0.2) is 52.2 Å². The average Bonchev–Trinajstić information content (AvgIpc) is 2.45. The van der Waals surface area contributed by atoms with Crippen LogP contribution in [0.25, 0.3) is 0 Å². The maximum atomic E-state index is 12.9. The van der Waals surface area contributed by atoms with Crippen molar-refractivity contribution in [3.05, 3.63) is 35.4 Å². The molecule has 1 aromatic rings. The summed E-state index contributed by atoms with van der Waals surface area (Å²) in [5.74, 6) is -0.661. The minimum atomic E-state index is -4.57. The number of alkyl halides is 3. The Kier molecular flexibility index (Phi) is 4.36. The highest BCUT2D eigenvalue weighted by atomic mass is 32.1. The monoisotopic (exact) mass is 318 g/mol. The Morgan fingerprint density at radius 3 is 2.14 bits per heavy atom. The number of halogens is 3. The molecule has 1 N–H and O–H groups in total. The second-order valence-corrected chi connectivity index (χ2v) is 4.97. The molecule has 0 saturated carbocycles. The summed E-state index contributed by atoms with van der Waals surface area (Å²) in [7, 11) is 0. The van der Waals surface area contributed by atoms with Gasteiger partial charge in [0.05, 0.1) is 11.1 Å². The smallest absolute Gasteiger partial charge is 0.417 e. The number of aliphatic hydroxyl groups excluding tert-OH is 1. The third-order valence-electron chi connectivity index (χ3n) is 3.30. The Hall–Kier alpha value is -1.83. The number of benzene rings is 1. The summed E-state index contributed by atoms with van der Waals surface area (Å²) in [6.07, 6.45) is -4.57. The Morgan fingerprint density at radius 1 is 1.10 bits per heavy atom. The van der Waals surface area contributed by atoms with E-state index in [1.807, 2.05) is 0 Å². The summed E-state index contributed by atoms with van der Waals surface area (Å²) in [4.78, 5) is 15.1. The highest BCUT2D eigenvalue weighted by molar-refractivity contribution is 7.79. The van der Waals surface area contributed by atoms with E-state index in [9.17, 15) is 23.1 Å². The van der Waals surface area contributed by atoms with Gasteiger partial charge in [-0.2, -0.15) is 13.2 Å². The van der Waals surface area contributed by atoms with Crippen molar-refractivity contribution in [1.82, 2.24) is 9.80 Å². The van der Waals surface area contributed by atoms with Crippen LogP contribution >= 0.6 is 12.2 Å². The summed E-state index contributed by atoms with van der Waals surface area (Å²) < 4.78 is 38.7. The van der Waals surface area contributed by atoms with Crippen LogP contribution in [0.2, 0.25) is 0 Å². The Morgan fingerprint density at radius 2 is 1.62 bits per heavy atom. The molecule has 8 heteroatoms. The predicted molar refractivity (Wildman–Crippen MR) is 74.1 cm³/mol. The molecule has 21 heavy (non-hydrogen) atoms. The second-order valence-electron chi connectivity index (χ2n) is 4.61. The lowest BCUT2D eigenvalue weighted by molar-refractivity contribution is -0.138. The summed E-state index contributed by atoms with van der Waals surface area (Å²) >= 11 is 4.61. The van der Waals surface area contributed by atoms with Crippen LogP contribution in [0, 0.1) is 0 Å². The molecule has 0 aromatic heterocycles. The van der Waals surface area contributed by atoms with E-state index in [-0.39, 0.29) is 23.8 Å². The van der Waals surface area contributed by atoms with Crippen LogP contribution in [0.15, 0.2) is 24.3 Å². The molecular formula is C13H13F3N2O2S. The molecule has 0 unspecified atom stereocenters. The number of piperazine rings is 1. The van der Waals surface area contributed by atoms with E-state index in [1.165, 1.54) is 28.0 Å². The molecule has 1 heterocycles. The van der Waals surface area contributed by atoms with Crippen molar-refractivity contribution in [3.8, 4) is 0 Å². The molecule has 0 atom stereocenters. The van der Waals surface area contributed by atoms with E-state index in [1.54, 1.807) is 0 Å². The van der Waals surface area contributed by atoms with E-state index in [0.29, 0.717) is 13.1 Å². The number of thiocarbonyl (C=S) groups is 1. The normalized spacial score (nSPS) is 16.0. The average molecular weight is 318 g/mol. The number of amides is 1. The zero-order chi connectivity index (χ0) is 15.6. The minimum Gasteiger partial charge on any atom is -0.486 e. The quantitative estimate of drug-likeness (QED) is 0.807. The minimum absolute atomic E-state index is 0.214. The highest BCUT2D eigenvalue weighted by Crippen LogP contribution is 2.32. The van der Waals surface area contributed by atoms with Gasteiger partial charge < -0.3 is 14.9 Å². The van der Waals surface area contributed by atoms with Crippen molar-refractivity contribution in [3.63, 3.8) is 0 Å². The first-order valence-electron chi connectivity index (χ1n) is 6.24. The third kappa shape index (κ3) is 3.44. The zero-order valence-electron chi connectivity index (χ0n) is 10.9. The lowest BCUT2D eigenvalue weighted by Crippen LogP contribution is -2.50. The number of rotatable bonds is 1. The van der Waals surface area contributed by atoms with E-state index >= 15 is 0 Å². The third-order valence-corrected chi connectivity index (χ3v) is 3.56. The SMILES string of the molecule is O=C(c1ccccc1C(F)(F)F)N1CCN(C(O)=S)CC1. The van der Waals surface area contributed by atoms with Gasteiger partial charge in [0.2, 0.25) is 0 Å². The molecule has 1 fully saturated rings. The molecule has 1 aromatic carbocycles. The predicted octanol–water partition coefficient (Wildman–Crippen LogP) is 2.31. The van der Waals surface area contributed by atoms with Crippen molar-refractivity contribution >= 4 is 23.3 Å². The van der Waals surface area contributed by atoms with Crippen LogP contribution in [0.1, 0.15) is 15.9 Å². The number of aliphatic hydroxyl groups is 1. The molecule has 1 amide bonds. The van der Waals surface area contributed by atoms with Crippen LogP contribution < -0.4 is 0 Å². The van der Waals surface area contributed by atoms with E-state index in [0.717, 1.165) is 6.07 Å². The number of nitrogens with zero attached hydrogens (tertiary/aromatic N) is 2. The summed E-state index contributed by atoms with van der Waals surface area (Å²) in [5, 5.41) is 8.91. The van der Waals surface area contributed by atoms with Gasteiger partial charge in [-0.1, -0.05) is 12.1 Å². The first kappa shape index (κ1) is 15.6. The standard InChI is InChI=1S/C13H13F3N2O2S/c14-13(15,16)10-4-2-1-3-9(10)11(19)17-5-7-18(8-6-17)12(20)21/h1-4H,5-8H2,(H,20,21). The fourth-order valence-electron chi connectivity index (χ4n) is 2.19. The zero-order valence-corrected chi connectivity index (χ0v) is 11.7. The molecule has 1 aliphatic heterocycles. The molecule has 0 radical (unpaired) electrons. The molecule has 0 aliphatic carbocycles. The molecular weight excluding hydrogens is 305 g/mol. The maximum absolute atomic E-state index is 12.9. The van der Waals surface area contributed by atoms with Crippen molar-refractivity contribution in [2.75, 3.05) is 26.2 Å². The largest absolute Gasteiger partial charge is 0.486 e. The fourth-order valence-corrected chi connectivity index (χ4v) is 2.37. The van der Waals surface area contributed by atoms with Crippen molar-refractivity contribution in [1.29, 1.82) is 0 Å². The number of carbonyl (C=O) groups excluding carboxylic acids is 1. The number of carbonyl (C=O) groups is 1. The molecule has 1 saturated heterocycles. The van der Waals surface area contributed by atoms with Gasteiger partial charge in [0.1, 0.15) is 0 Å². The number of hydrogen-bond donors (Lipinski definition) is 1. The van der Waals surface area contributed by atoms with Gasteiger partial charge in [-0.15, -0.1) is 0 Å². The molecule has 114 valence electrons. The van der Waals surface area contributed by atoms with Gasteiger partial charge in [0.15, 0.2) is 0 Å².